The van der Waals surface area contributed by atoms with Gasteiger partial charge in [0.2, 0.25) is 0 Å². The average Bonchev–Trinajstić information content (AvgIpc) is 2.94. The second kappa shape index (κ2) is 7.18. The molecule has 4 rings (SSSR count). The third-order valence-corrected chi connectivity index (χ3v) is 8.74. The zero-order chi connectivity index (χ0) is 19.2. The molecule has 0 bridgehead atoms. The van der Waals surface area contributed by atoms with Crippen molar-refractivity contribution in [2.75, 3.05) is 27.2 Å². The molecule has 4 aliphatic carbocycles. The third-order valence-electron chi connectivity index (χ3n) is 8.74. The van der Waals surface area contributed by atoms with Crippen LogP contribution < -0.4 is 0 Å². The van der Waals surface area contributed by atoms with E-state index in [1.165, 1.54) is 38.5 Å². The SMILES string of the molecule is CN(C)CCO/N=C1/C=C2CC[C@H]3[C@@H]4CC[C@H](O)[C@@]4(C)CC[C@@H]3[C@@]2(C)CC1. The summed E-state index contributed by atoms with van der Waals surface area (Å²) in [5.74, 6) is 2.32. The van der Waals surface area contributed by atoms with E-state index in [1.54, 1.807) is 5.57 Å². The summed E-state index contributed by atoms with van der Waals surface area (Å²) in [5, 5.41) is 15.0. The van der Waals surface area contributed by atoms with Crippen LogP contribution in [0, 0.1) is 28.6 Å². The summed E-state index contributed by atoms with van der Waals surface area (Å²) in [6, 6.07) is 0. The van der Waals surface area contributed by atoms with Gasteiger partial charge in [-0.25, -0.2) is 0 Å². The van der Waals surface area contributed by atoms with Crippen LogP contribution in [-0.4, -0.2) is 49.1 Å². The molecule has 0 spiro atoms. The molecule has 0 aromatic rings. The Morgan fingerprint density at radius 2 is 1.93 bits per heavy atom. The predicted octanol–water partition coefficient (Wildman–Crippen LogP) is 4.24. The minimum Gasteiger partial charge on any atom is -0.394 e. The first-order valence-corrected chi connectivity index (χ1v) is 11.1. The van der Waals surface area contributed by atoms with Gasteiger partial charge in [-0.2, -0.15) is 0 Å². The van der Waals surface area contributed by atoms with Gasteiger partial charge in [0.1, 0.15) is 6.61 Å². The van der Waals surface area contributed by atoms with Crippen LogP contribution in [0.3, 0.4) is 0 Å². The van der Waals surface area contributed by atoms with Crippen molar-refractivity contribution in [3.63, 3.8) is 0 Å². The van der Waals surface area contributed by atoms with Gasteiger partial charge in [0, 0.05) is 6.54 Å². The highest BCUT2D eigenvalue weighted by Gasteiger charge is 2.58. The van der Waals surface area contributed by atoms with E-state index >= 15 is 0 Å². The van der Waals surface area contributed by atoms with Crippen molar-refractivity contribution in [3.8, 4) is 0 Å². The molecular formula is C23H38N2O2. The largest absolute Gasteiger partial charge is 0.394 e. The van der Waals surface area contributed by atoms with E-state index in [1.807, 2.05) is 0 Å². The van der Waals surface area contributed by atoms with E-state index in [4.69, 9.17) is 4.84 Å². The molecule has 1 N–H and O–H groups in total. The normalized spacial score (nSPS) is 45.3. The lowest BCUT2D eigenvalue weighted by molar-refractivity contribution is -0.0722. The highest BCUT2D eigenvalue weighted by Crippen LogP contribution is 2.65. The monoisotopic (exact) mass is 374 g/mol. The van der Waals surface area contributed by atoms with E-state index in [-0.39, 0.29) is 11.5 Å². The lowest BCUT2D eigenvalue weighted by Crippen LogP contribution is -2.51. The number of aliphatic hydroxyl groups excluding tert-OH is 1. The highest BCUT2D eigenvalue weighted by atomic mass is 16.6. The number of likely N-dealkylation sites (N-methyl/N-ethyl adjacent to an activating group) is 1. The van der Waals surface area contributed by atoms with Crippen molar-refractivity contribution in [3.05, 3.63) is 11.6 Å². The number of oxime groups is 1. The fourth-order valence-electron chi connectivity index (χ4n) is 6.97. The number of allylic oxidation sites excluding steroid dienone is 2. The fraction of sp³-hybridized carbons (Fsp3) is 0.870. The predicted molar refractivity (Wildman–Crippen MR) is 110 cm³/mol. The lowest BCUT2D eigenvalue weighted by atomic mass is 9.47. The van der Waals surface area contributed by atoms with Gasteiger partial charge in [-0.1, -0.05) is 24.6 Å². The summed E-state index contributed by atoms with van der Waals surface area (Å²) in [5.41, 5.74) is 3.27. The Bertz CT molecular complexity index is 628. The number of rotatable bonds is 4. The first-order chi connectivity index (χ1) is 12.8. The number of hydrogen-bond acceptors (Lipinski definition) is 4. The Hall–Kier alpha value is -0.870. The van der Waals surface area contributed by atoms with Gasteiger partial charge >= 0.3 is 0 Å². The first kappa shape index (κ1) is 19.4. The average molecular weight is 375 g/mol. The molecule has 0 unspecified atom stereocenters. The molecule has 0 radical (unpaired) electrons. The second-order valence-electron chi connectivity index (χ2n) is 10.4. The minimum atomic E-state index is -0.0717. The van der Waals surface area contributed by atoms with Crippen molar-refractivity contribution >= 4 is 5.71 Å². The van der Waals surface area contributed by atoms with E-state index < -0.39 is 0 Å². The number of nitrogens with zero attached hydrogens (tertiary/aromatic N) is 2. The van der Waals surface area contributed by atoms with Crippen LogP contribution >= 0.6 is 0 Å². The zero-order valence-corrected chi connectivity index (χ0v) is 17.7. The molecule has 0 amide bonds. The Morgan fingerprint density at radius 1 is 1.11 bits per heavy atom. The van der Waals surface area contributed by atoms with Gasteiger partial charge < -0.3 is 14.8 Å². The quantitative estimate of drug-likeness (QED) is 0.591. The zero-order valence-electron chi connectivity index (χ0n) is 17.7. The van der Waals surface area contributed by atoms with E-state index in [0.717, 1.165) is 42.9 Å². The van der Waals surface area contributed by atoms with Gasteiger partial charge in [-0.3, -0.25) is 0 Å². The summed E-state index contributed by atoms with van der Waals surface area (Å²) >= 11 is 0. The molecule has 6 atom stereocenters. The standard InChI is InChI=1S/C23H38N2O2/c1-22-11-9-17(24-27-14-13-25(3)4)15-16(22)5-6-18-19-7-8-21(26)23(19,2)12-10-20(18)22/h15,18-21,26H,5-14H2,1-4H3/b24-17+/t18-,19-,20-,21-,22-,23-/m0/s1. The molecule has 0 aromatic carbocycles. The highest BCUT2D eigenvalue weighted by molar-refractivity contribution is 5.96. The fourth-order valence-corrected chi connectivity index (χ4v) is 6.97. The Labute approximate surface area is 165 Å². The van der Waals surface area contributed by atoms with Crippen molar-refractivity contribution < 1.29 is 9.94 Å². The maximum absolute atomic E-state index is 10.6. The first-order valence-electron chi connectivity index (χ1n) is 11.1. The molecule has 4 aliphatic rings. The molecule has 27 heavy (non-hydrogen) atoms. The molecule has 152 valence electrons. The number of aliphatic hydroxyl groups is 1. The van der Waals surface area contributed by atoms with Crippen LogP contribution in [-0.2, 0) is 4.84 Å². The Morgan fingerprint density at radius 3 is 2.70 bits per heavy atom. The van der Waals surface area contributed by atoms with Crippen LogP contribution in [0.25, 0.3) is 0 Å². The van der Waals surface area contributed by atoms with E-state index in [2.05, 4.69) is 44.1 Å². The van der Waals surface area contributed by atoms with Crippen molar-refractivity contribution in [1.29, 1.82) is 0 Å². The molecule has 0 aliphatic heterocycles. The van der Waals surface area contributed by atoms with Crippen LogP contribution in [0.5, 0.6) is 0 Å². The van der Waals surface area contributed by atoms with E-state index in [9.17, 15) is 5.11 Å². The molecule has 0 heterocycles. The van der Waals surface area contributed by atoms with Crippen molar-refractivity contribution in [1.82, 2.24) is 4.90 Å². The van der Waals surface area contributed by atoms with Gasteiger partial charge in [-0.15, -0.1) is 0 Å². The molecule has 0 aromatic heterocycles. The molecule has 4 nitrogen and oxygen atoms in total. The van der Waals surface area contributed by atoms with Crippen LogP contribution in [0.4, 0.5) is 0 Å². The van der Waals surface area contributed by atoms with Crippen LogP contribution in [0.2, 0.25) is 0 Å². The smallest absolute Gasteiger partial charge is 0.129 e. The second-order valence-corrected chi connectivity index (χ2v) is 10.4. The molecule has 3 saturated carbocycles. The Balaban J connectivity index is 1.49. The summed E-state index contributed by atoms with van der Waals surface area (Å²) in [7, 11) is 4.11. The summed E-state index contributed by atoms with van der Waals surface area (Å²) in [6.45, 7) is 6.45. The molecule has 3 fully saturated rings. The summed E-state index contributed by atoms with van der Waals surface area (Å²) in [4.78, 5) is 7.68. The molecule has 4 heteroatoms. The van der Waals surface area contributed by atoms with Gasteiger partial charge in [0.15, 0.2) is 0 Å². The maximum Gasteiger partial charge on any atom is 0.129 e. The van der Waals surface area contributed by atoms with E-state index in [0.29, 0.717) is 12.0 Å². The van der Waals surface area contributed by atoms with Gasteiger partial charge in [0.05, 0.1) is 11.8 Å². The van der Waals surface area contributed by atoms with Crippen LogP contribution in [0.15, 0.2) is 16.8 Å². The summed E-state index contributed by atoms with van der Waals surface area (Å²) in [6.07, 6.45) is 11.8. The number of hydrogen-bond donors (Lipinski definition) is 1. The van der Waals surface area contributed by atoms with Crippen LogP contribution in [0.1, 0.15) is 65.2 Å². The van der Waals surface area contributed by atoms with Crippen molar-refractivity contribution in [2.24, 2.45) is 33.7 Å². The van der Waals surface area contributed by atoms with Gasteiger partial charge in [0.25, 0.3) is 0 Å². The third kappa shape index (κ3) is 3.27. The summed E-state index contributed by atoms with van der Waals surface area (Å²) < 4.78 is 0. The molecule has 0 saturated heterocycles. The molecular weight excluding hydrogens is 336 g/mol. The topological polar surface area (TPSA) is 45.1 Å². The maximum atomic E-state index is 10.6. The van der Waals surface area contributed by atoms with Crippen molar-refractivity contribution in [2.45, 2.75) is 71.3 Å². The lowest BCUT2D eigenvalue weighted by Gasteiger charge is -2.57. The number of fused-ring (bicyclic) bond motifs is 5. The minimum absolute atomic E-state index is 0.0717. The Kier molecular flexibility index (Phi) is 5.17. The van der Waals surface area contributed by atoms with Gasteiger partial charge in [-0.05, 0) is 100 Å².